The molecular weight excluding hydrogens is 409 g/mol. The molecule has 3 rings (SSSR count). The minimum absolute atomic E-state index is 0.267. The van der Waals surface area contributed by atoms with Gasteiger partial charge in [-0.15, -0.1) is 5.10 Å². The molecule has 1 fully saturated rings. The van der Waals surface area contributed by atoms with Crippen molar-refractivity contribution in [2.24, 2.45) is 5.92 Å². The number of aromatic hydroxyl groups is 1. The van der Waals surface area contributed by atoms with E-state index < -0.39 is 17.5 Å². The van der Waals surface area contributed by atoms with Crippen LogP contribution in [0.3, 0.4) is 0 Å². The van der Waals surface area contributed by atoms with Gasteiger partial charge in [0.15, 0.2) is 0 Å². The number of nitrogens with zero attached hydrogens (tertiary/aromatic N) is 3. The Morgan fingerprint density at radius 2 is 1.90 bits per heavy atom. The lowest BCUT2D eigenvalue weighted by atomic mass is 9.97. The molecule has 6 nitrogen and oxygen atoms in total. The van der Waals surface area contributed by atoms with Gasteiger partial charge < -0.3 is 20.1 Å². The van der Waals surface area contributed by atoms with Gasteiger partial charge in [-0.3, -0.25) is 0 Å². The van der Waals surface area contributed by atoms with Crippen molar-refractivity contribution in [1.29, 1.82) is 0 Å². The molecule has 1 aliphatic heterocycles. The third-order valence-corrected chi connectivity index (χ3v) is 5.65. The van der Waals surface area contributed by atoms with E-state index in [1.807, 2.05) is 13.1 Å². The van der Waals surface area contributed by atoms with Gasteiger partial charge in [0.25, 0.3) is 0 Å². The van der Waals surface area contributed by atoms with Gasteiger partial charge >= 0.3 is 6.18 Å². The van der Waals surface area contributed by atoms with Crippen molar-refractivity contribution in [2.75, 3.05) is 44.8 Å². The van der Waals surface area contributed by atoms with Gasteiger partial charge in [0.2, 0.25) is 0 Å². The summed E-state index contributed by atoms with van der Waals surface area (Å²) < 4.78 is 44.8. The highest BCUT2D eigenvalue weighted by atomic mass is 19.4. The zero-order valence-electron chi connectivity index (χ0n) is 18.1. The number of alkyl halides is 3. The monoisotopic (exact) mass is 438 g/mol. The molecule has 0 radical (unpaired) electrons. The largest absolute Gasteiger partial charge is 0.507 e. The van der Waals surface area contributed by atoms with Crippen LogP contribution in [-0.4, -0.2) is 55.2 Å². The summed E-state index contributed by atoms with van der Waals surface area (Å²) in [5.41, 5.74) is 1.77. The Bertz CT molecular complexity index is 876. The molecule has 1 saturated heterocycles. The van der Waals surface area contributed by atoms with Crippen LogP contribution in [0.15, 0.2) is 18.2 Å². The number of phenols is 1. The van der Waals surface area contributed by atoms with E-state index in [0.29, 0.717) is 43.5 Å². The van der Waals surface area contributed by atoms with Crippen molar-refractivity contribution in [1.82, 2.24) is 15.5 Å². The lowest BCUT2D eigenvalue weighted by Gasteiger charge is -2.31. The average Bonchev–Trinajstić information content (AvgIpc) is 2.73. The number of rotatable bonds is 7. The van der Waals surface area contributed by atoms with E-state index in [4.69, 9.17) is 4.74 Å². The zero-order chi connectivity index (χ0) is 22.6. The summed E-state index contributed by atoms with van der Waals surface area (Å²) in [4.78, 5) is 2.17. The number of morpholine rings is 1. The molecule has 1 atom stereocenters. The number of hydrogen-bond donors (Lipinski definition) is 2. The molecule has 31 heavy (non-hydrogen) atoms. The summed E-state index contributed by atoms with van der Waals surface area (Å²) in [5, 5.41) is 22.4. The lowest BCUT2D eigenvalue weighted by molar-refractivity contribution is -0.137. The van der Waals surface area contributed by atoms with Gasteiger partial charge in [-0.1, -0.05) is 13.3 Å². The van der Waals surface area contributed by atoms with Gasteiger partial charge in [-0.25, -0.2) is 0 Å². The summed E-state index contributed by atoms with van der Waals surface area (Å²) in [5.74, 6) is -0.0740. The fourth-order valence-electron chi connectivity index (χ4n) is 3.94. The first-order chi connectivity index (χ1) is 14.7. The zero-order valence-corrected chi connectivity index (χ0v) is 18.1. The first-order valence-corrected chi connectivity index (χ1v) is 10.5. The summed E-state index contributed by atoms with van der Waals surface area (Å²) >= 11 is 0. The second-order valence-corrected chi connectivity index (χ2v) is 7.88. The summed E-state index contributed by atoms with van der Waals surface area (Å²) in [6.07, 6.45) is -2.82. The Hall–Kier alpha value is -2.39. The van der Waals surface area contributed by atoms with Crippen LogP contribution in [0.5, 0.6) is 5.75 Å². The molecule has 170 valence electrons. The van der Waals surface area contributed by atoms with Crippen molar-refractivity contribution in [3.63, 3.8) is 0 Å². The molecule has 1 aliphatic rings. The molecule has 0 amide bonds. The quantitative estimate of drug-likeness (QED) is 0.685. The van der Waals surface area contributed by atoms with E-state index in [0.717, 1.165) is 42.9 Å². The number of nitrogens with one attached hydrogen (secondary N) is 1. The predicted octanol–water partition coefficient (Wildman–Crippen LogP) is 3.80. The summed E-state index contributed by atoms with van der Waals surface area (Å²) in [7, 11) is 1.91. The van der Waals surface area contributed by atoms with Crippen molar-refractivity contribution >= 4 is 5.69 Å². The van der Waals surface area contributed by atoms with E-state index in [2.05, 4.69) is 27.3 Å². The van der Waals surface area contributed by atoms with Crippen LogP contribution in [-0.2, 0) is 17.3 Å². The van der Waals surface area contributed by atoms with E-state index in [1.54, 1.807) is 0 Å². The van der Waals surface area contributed by atoms with Crippen LogP contribution < -0.4 is 10.2 Å². The van der Waals surface area contributed by atoms with Gasteiger partial charge in [0, 0.05) is 18.7 Å². The SMILES string of the molecule is CCC(CNC)Cc1nnc(-c2c(C)cc(C(F)(F)F)cc2O)cc1N1CCOCC1. The Morgan fingerprint density at radius 1 is 1.19 bits per heavy atom. The number of ether oxygens (including phenoxy) is 1. The van der Waals surface area contributed by atoms with Crippen molar-refractivity contribution in [2.45, 2.75) is 32.9 Å². The van der Waals surface area contributed by atoms with Crippen LogP contribution in [0, 0.1) is 12.8 Å². The van der Waals surface area contributed by atoms with Crippen LogP contribution in [0.25, 0.3) is 11.3 Å². The fourth-order valence-corrected chi connectivity index (χ4v) is 3.94. The smallest absolute Gasteiger partial charge is 0.416 e. The standard InChI is InChI=1S/C22H29F3N4O2/c1-4-15(13-26-3)10-17-19(29-5-7-31-8-6-29)12-18(28-27-17)21-14(2)9-16(11-20(21)30)22(23,24)25/h9,11-12,15,26,30H,4-8,10,13H2,1-3H3. The predicted molar refractivity (Wildman–Crippen MR) is 113 cm³/mol. The van der Waals surface area contributed by atoms with Crippen molar-refractivity contribution in [3.05, 3.63) is 35.0 Å². The molecule has 0 spiro atoms. The number of anilines is 1. The van der Waals surface area contributed by atoms with Crippen molar-refractivity contribution in [3.8, 4) is 17.0 Å². The third-order valence-electron chi connectivity index (χ3n) is 5.65. The molecule has 1 aromatic carbocycles. The Labute approximate surface area is 180 Å². The second-order valence-electron chi connectivity index (χ2n) is 7.88. The molecule has 1 unspecified atom stereocenters. The molecule has 0 saturated carbocycles. The maximum absolute atomic E-state index is 13.1. The van der Waals surface area contributed by atoms with Gasteiger partial charge in [-0.2, -0.15) is 18.3 Å². The van der Waals surface area contributed by atoms with E-state index in [1.165, 1.54) is 6.92 Å². The minimum atomic E-state index is -4.53. The van der Waals surface area contributed by atoms with Gasteiger partial charge in [-0.05, 0) is 56.6 Å². The van der Waals surface area contributed by atoms with Gasteiger partial charge in [0.1, 0.15) is 5.75 Å². The molecular formula is C22H29F3N4O2. The second kappa shape index (κ2) is 9.82. The minimum Gasteiger partial charge on any atom is -0.507 e. The number of aromatic nitrogens is 2. The molecule has 9 heteroatoms. The van der Waals surface area contributed by atoms with Crippen LogP contribution in [0.4, 0.5) is 18.9 Å². The summed E-state index contributed by atoms with van der Waals surface area (Å²) in [6, 6.07) is 3.60. The topological polar surface area (TPSA) is 70.5 Å². The first-order valence-electron chi connectivity index (χ1n) is 10.5. The number of halogens is 3. The molecule has 2 heterocycles. The molecule has 1 aromatic heterocycles. The molecule has 0 aliphatic carbocycles. The van der Waals surface area contributed by atoms with E-state index in [-0.39, 0.29) is 5.56 Å². The molecule has 0 bridgehead atoms. The van der Waals surface area contributed by atoms with E-state index in [9.17, 15) is 18.3 Å². The van der Waals surface area contributed by atoms with Crippen molar-refractivity contribution < 1.29 is 23.0 Å². The normalized spacial score (nSPS) is 15.9. The Kier molecular flexibility index (Phi) is 7.38. The molecule has 2 aromatic rings. The van der Waals surface area contributed by atoms with Crippen LogP contribution in [0.2, 0.25) is 0 Å². The highest BCUT2D eigenvalue weighted by Gasteiger charge is 2.32. The van der Waals surface area contributed by atoms with E-state index >= 15 is 0 Å². The van der Waals surface area contributed by atoms with Gasteiger partial charge in [0.05, 0.1) is 35.9 Å². The Morgan fingerprint density at radius 3 is 2.48 bits per heavy atom. The lowest BCUT2D eigenvalue weighted by Crippen LogP contribution is -2.37. The highest BCUT2D eigenvalue weighted by molar-refractivity contribution is 5.74. The third kappa shape index (κ3) is 5.46. The summed E-state index contributed by atoms with van der Waals surface area (Å²) in [6.45, 7) is 7.08. The number of hydrogen-bond acceptors (Lipinski definition) is 6. The van der Waals surface area contributed by atoms with Crippen LogP contribution >= 0.6 is 0 Å². The average molecular weight is 438 g/mol. The first kappa shape index (κ1) is 23.3. The Balaban J connectivity index is 2.04. The number of phenolic OH excluding ortho intramolecular Hbond substituents is 1. The van der Waals surface area contributed by atoms with Crippen LogP contribution in [0.1, 0.15) is 30.2 Å². The fraction of sp³-hybridized carbons (Fsp3) is 0.545. The maximum Gasteiger partial charge on any atom is 0.416 e. The molecule has 2 N–H and O–H groups in total. The number of benzene rings is 1. The maximum atomic E-state index is 13.1. The highest BCUT2D eigenvalue weighted by Crippen LogP contribution is 2.39. The number of aryl methyl sites for hydroxylation is 1.